The third-order valence-electron chi connectivity index (χ3n) is 3.78. The molecule has 2 heterocycles. The third kappa shape index (κ3) is 5.31. The topological polar surface area (TPSA) is 71.5 Å². The number of unbranched alkanes of at least 4 members (excludes halogenated alkanes) is 1. The van der Waals surface area contributed by atoms with Gasteiger partial charge in [-0.1, -0.05) is 19.4 Å². The van der Waals surface area contributed by atoms with Crippen LogP contribution in [0.1, 0.15) is 31.5 Å². The fraction of sp³-hybridized carbons (Fsp3) is 0.667. The van der Waals surface area contributed by atoms with E-state index in [0.717, 1.165) is 25.2 Å². The molecule has 0 radical (unpaired) electrons. The van der Waals surface area contributed by atoms with E-state index in [-0.39, 0.29) is 11.8 Å². The van der Waals surface area contributed by atoms with E-state index in [9.17, 15) is 8.42 Å². The second-order valence-electron chi connectivity index (χ2n) is 5.44. The lowest BCUT2D eigenvalue weighted by Crippen LogP contribution is -2.44. The molecule has 2 rings (SSSR count). The molecule has 1 aromatic rings. The number of pyridine rings is 1. The Morgan fingerprint density at radius 3 is 2.77 bits per heavy atom. The van der Waals surface area contributed by atoms with Gasteiger partial charge >= 0.3 is 0 Å². The third-order valence-corrected chi connectivity index (χ3v) is 5.21. The number of nitrogens with zero attached hydrogens (tertiary/aromatic N) is 2. The van der Waals surface area contributed by atoms with E-state index < -0.39 is 10.0 Å². The fourth-order valence-electron chi connectivity index (χ4n) is 2.50. The minimum Gasteiger partial charge on any atom is -0.379 e. The smallest absolute Gasteiger partial charge is 0.211 e. The standard InChI is InChI=1S/C15H25N3O3S/c1-2-3-12-22(19,20)17-13-15(14-6-4-5-7-16-14)18-8-10-21-11-9-18/h4-7,15,17H,2-3,8-13H2,1H3/t15-/m0/s1. The van der Waals surface area contributed by atoms with Crippen molar-refractivity contribution in [1.82, 2.24) is 14.6 Å². The molecule has 6 nitrogen and oxygen atoms in total. The van der Waals surface area contributed by atoms with E-state index in [1.807, 2.05) is 25.1 Å². The molecule has 0 spiro atoms. The summed E-state index contributed by atoms with van der Waals surface area (Å²) in [5, 5.41) is 0. The Hall–Kier alpha value is -1.02. The molecule has 124 valence electrons. The first-order chi connectivity index (χ1) is 10.6. The molecule has 0 aliphatic carbocycles. The van der Waals surface area contributed by atoms with Crippen LogP contribution in [0.15, 0.2) is 24.4 Å². The number of sulfonamides is 1. The van der Waals surface area contributed by atoms with Crippen molar-refractivity contribution in [3.63, 3.8) is 0 Å². The number of ether oxygens (including phenoxy) is 1. The predicted molar refractivity (Wildman–Crippen MR) is 86.1 cm³/mol. The van der Waals surface area contributed by atoms with Crippen molar-refractivity contribution in [3.05, 3.63) is 30.1 Å². The molecule has 1 aromatic heterocycles. The van der Waals surface area contributed by atoms with Gasteiger partial charge in [-0.15, -0.1) is 0 Å². The lowest BCUT2D eigenvalue weighted by atomic mass is 10.1. The maximum atomic E-state index is 12.0. The Morgan fingerprint density at radius 1 is 1.36 bits per heavy atom. The molecule has 1 N–H and O–H groups in total. The molecule has 0 bridgehead atoms. The SMILES string of the molecule is CCCCS(=O)(=O)NC[C@@H](c1ccccn1)N1CCOCC1. The van der Waals surface area contributed by atoms with Gasteiger partial charge in [-0.05, 0) is 18.6 Å². The Morgan fingerprint density at radius 2 is 2.14 bits per heavy atom. The van der Waals surface area contributed by atoms with E-state index in [1.165, 1.54) is 0 Å². The minimum atomic E-state index is -3.22. The van der Waals surface area contributed by atoms with E-state index in [1.54, 1.807) is 6.20 Å². The summed E-state index contributed by atoms with van der Waals surface area (Å²) in [6.07, 6.45) is 3.30. The molecule has 1 aliphatic rings. The number of aromatic nitrogens is 1. The van der Waals surface area contributed by atoms with Crippen molar-refractivity contribution in [2.24, 2.45) is 0 Å². The lowest BCUT2D eigenvalue weighted by molar-refractivity contribution is 0.0163. The second kappa shape index (κ2) is 8.57. The number of hydrogen-bond donors (Lipinski definition) is 1. The van der Waals surface area contributed by atoms with Crippen LogP contribution in [0.2, 0.25) is 0 Å². The van der Waals surface area contributed by atoms with Gasteiger partial charge < -0.3 is 4.74 Å². The number of rotatable bonds is 8. The van der Waals surface area contributed by atoms with Gasteiger partial charge in [0.15, 0.2) is 0 Å². The summed E-state index contributed by atoms with van der Waals surface area (Å²) in [5.41, 5.74) is 0.891. The molecular weight excluding hydrogens is 302 g/mol. The average Bonchev–Trinajstić information content (AvgIpc) is 2.55. The normalized spacial score (nSPS) is 18.2. The second-order valence-corrected chi connectivity index (χ2v) is 7.37. The maximum Gasteiger partial charge on any atom is 0.211 e. The van der Waals surface area contributed by atoms with Crippen LogP contribution in [-0.2, 0) is 14.8 Å². The summed E-state index contributed by atoms with van der Waals surface area (Å²) in [5.74, 6) is 0.182. The van der Waals surface area contributed by atoms with Crippen LogP contribution >= 0.6 is 0 Å². The average molecular weight is 327 g/mol. The highest BCUT2D eigenvalue weighted by Crippen LogP contribution is 2.19. The van der Waals surface area contributed by atoms with Gasteiger partial charge in [0.2, 0.25) is 10.0 Å². The summed E-state index contributed by atoms with van der Waals surface area (Å²) in [4.78, 5) is 6.63. The monoisotopic (exact) mass is 327 g/mol. The first kappa shape index (κ1) is 17.3. The van der Waals surface area contributed by atoms with Crippen molar-refractivity contribution in [2.75, 3.05) is 38.6 Å². The van der Waals surface area contributed by atoms with Gasteiger partial charge in [0.25, 0.3) is 0 Å². The van der Waals surface area contributed by atoms with Crippen LogP contribution in [0.3, 0.4) is 0 Å². The molecule has 1 saturated heterocycles. The number of morpholine rings is 1. The molecule has 1 atom stereocenters. The van der Waals surface area contributed by atoms with Gasteiger partial charge in [0.1, 0.15) is 0 Å². The predicted octanol–water partition coefficient (Wildman–Crippen LogP) is 1.17. The molecule has 22 heavy (non-hydrogen) atoms. The molecule has 0 unspecified atom stereocenters. The Bertz CT molecular complexity index is 530. The summed E-state index contributed by atoms with van der Waals surface area (Å²) < 4.78 is 32.2. The molecule has 0 amide bonds. The van der Waals surface area contributed by atoms with Crippen LogP contribution in [0.5, 0.6) is 0 Å². The van der Waals surface area contributed by atoms with E-state index in [2.05, 4.69) is 14.6 Å². The summed E-state index contributed by atoms with van der Waals surface area (Å²) in [7, 11) is -3.22. The van der Waals surface area contributed by atoms with Crippen LogP contribution in [0.25, 0.3) is 0 Å². The highest BCUT2D eigenvalue weighted by molar-refractivity contribution is 7.89. The van der Waals surface area contributed by atoms with Crippen LogP contribution in [-0.4, -0.2) is 56.9 Å². The fourth-order valence-corrected chi connectivity index (χ4v) is 3.72. The molecule has 1 fully saturated rings. The zero-order chi connectivity index (χ0) is 15.8. The summed E-state index contributed by atoms with van der Waals surface area (Å²) in [6, 6.07) is 5.69. The largest absolute Gasteiger partial charge is 0.379 e. The van der Waals surface area contributed by atoms with E-state index >= 15 is 0 Å². The van der Waals surface area contributed by atoms with Crippen molar-refractivity contribution in [2.45, 2.75) is 25.8 Å². The van der Waals surface area contributed by atoms with Gasteiger partial charge in [0, 0.05) is 25.8 Å². The minimum absolute atomic E-state index is 0.0542. The molecule has 1 aliphatic heterocycles. The van der Waals surface area contributed by atoms with Crippen LogP contribution in [0.4, 0.5) is 0 Å². The molecule has 7 heteroatoms. The van der Waals surface area contributed by atoms with Gasteiger partial charge in [0.05, 0.1) is 30.7 Å². The van der Waals surface area contributed by atoms with Gasteiger partial charge in [-0.3, -0.25) is 9.88 Å². The zero-order valence-electron chi connectivity index (χ0n) is 13.1. The van der Waals surface area contributed by atoms with Crippen molar-refractivity contribution < 1.29 is 13.2 Å². The molecule has 0 saturated carbocycles. The van der Waals surface area contributed by atoms with E-state index in [0.29, 0.717) is 26.2 Å². The maximum absolute atomic E-state index is 12.0. The Balaban J connectivity index is 2.05. The van der Waals surface area contributed by atoms with Gasteiger partial charge in [-0.25, -0.2) is 13.1 Å². The highest BCUT2D eigenvalue weighted by atomic mass is 32.2. The molecular formula is C15H25N3O3S. The summed E-state index contributed by atoms with van der Waals surface area (Å²) in [6.45, 7) is 5.26. The lowest BCUT2D eigenvalue weighted by Gasteiger charge is -2.34. The Labute approximate surface area is 132 Å². The number of nitrogens with one attached hydrogen (secondary N) is 1. The number of hydrogen-bond acceptors (Lipinski definition) is 5. The highest BCUT2D eigenvalue weighted by Gasteiger charge is 2.25. The van der Waals surface area contributed by atoms with Crippen molar-refractivity contribution in [3.8, 4) is 0 Å². The zero-order valence-corrected chi connectivity index (χ0v) is 13.9. The Kier molecular flexibility index (Phi) is 6.75. The van der Waals surface area contributed by atoms with Gasteiger partial charge in [-0.2, -0.15) is 0 Å². The quantitative estimate of drug-likeness (QED) is 0.776. The van der Waals surface area contributed by atoms with Crippen LogP contribution in [0, 0.1) is 0 Å². The summed E-state index contributed by atoms with van der Waals surface area (Å²) >= 11 is 0. The molecule has 0 aromatic carbocycles. The first-order valence-corrected chi connectivity index (χ1v) is 9.47. The van der Waals surface area contributed by atoms with Crippen molar-refractivity contribution in [1.29, 1.82) is 0 Å². The van der Waals surface area contributed by atoms with Crippen molar-refractivity contribution >= 4 is 10.0 Å². The first-order valence-electron chi connectivity index (χ1n) is 7.82. The van der Waals surface area contributed by atoms with Crippen LogP contribution < -0.4 is 4.72 Å². The van der Waals surface area contributed by atoms with E-state index in [4.69, 9.17) is 4.74 Å².